The van der Waals surface area contributed by atoms with Crippen molar-refractivity contribution in [3.05, 3.63) is 64.5 Å². The van der Waals surface area contributed by atoms with Gasteiger partial charge < -0.3 is 10.1 Å². The fourth-order valence-corrected chi connectivity index (χ4v) is 2.45. The topological polar surface area (TPSA) is 38.3 Å². The average molecular weight is 301 g/mol. The number of benzene rings is 2. The van der Waals surface area contributed by atoms with Crippen LogP contribution in [0.3, 0.4) is 0 Å². The van der Waals surface area contributed by atoms with Gasteiger partial charge in [0.15, 0.2) is 0 Å². The van der Waals surface area contributed by atoms with E-state index in [0.29, 0.717) is 13.2 Å². The van der Waals surface area contributed by atoms with Gasteiger partial charge in [-0.05, 0) is 44.0 Å². The lowest BCUT2D eigenvalue weighted by Crippen LogP contribution is -2.28. The molecule has 2 aromatic rings. The molecule has 0 radical (unpaired) electrons. The maximum atomic E-state index is 13.5. The Balaban J connectivity index is 1.88. The molecule has 0 atom stereocenters. The van der Waals surface area contributed by atoms with E-state index in [-0.39, 0.29) is 5.56 Å². The van der Waals surface area contributed by atoms with Gasteiger partial charge in [-0.25, -0.2) is 4.39 Å². The van der Waals surface area contributed by atoms with Gasteiger partial charge >= 0.3 is 0 Å². The van der Waals surface area contributed by atoms with Crippen molar-refractivity contribution >= 4 is 5.91 Å². The van der Waals surface area contributed by atoms with Gasteiger partial charge in [0.1, 0.15) is 18.2 Å². The SMILES string of the molecule is Cc1cc(C)c(OCCNC(=O)c2ccccc2F)c(C)c1. The number of rotatable bonds is 5. The zero-order valence-electron chi connectivity index (χ0n) is 13.1. The summed E-state index contributed by atoms with van der Waals surface area (Å²) in [6.07, 6.45) is 0. The molecule has 3 nitrogen and oxygen atoms in total. The van der Waals surface area contributed by atoms with Crippen molar-refractivity contribution in [1.82, 2.24) is 5.32 Å². The number of nitrogens with one attached hydrogen (secondary N) is 1. The molecule has 0 fully saturated rings. The van der Waals surface area contributed by atoms with Crippen molar-refractivity contribution < 1.29 is 13.9 Å². The van der Waals surface area contributed by atoms with Crippen LogP contribution in [0.25, 0.3) is 0 Å². The Hall–Kier alpha value is -2.36. The average Bonchev–Trinajstić information content (AvgIpc) is 2.45. The second kappa shape index (κ2) is 7.07. The number of hydrogen-bond acceptors (Lipinski definition) is 2. The summed E-state index contributed by atoms with van der Waals surface area (Å²) in [4.78, 5) is 11.8. The first kappa shape index (κ1) is 16.0. The molecule has 1 amide bonds. The van der Waals surface area contributed by atoms with Crippen molar-refractivity contribution in [3.8, 4) is 5.75 Å². The predicted molar refractivity (Wildman–Crippen MR) is 84.9 cm³/mol. The van der Waals surface area contributed by atoms with Crippen LogP contribution in [0.2, 0.25) is 0 Å². The molecule has 0 bridgehead atoms. The summed E-state index contributed by atoms with van der Waals surface area (Å²) >= 11 is 0. The normalized spacial score (nSPS) is 10.4. The van der Waals surface area contributed by atoms with Crippen molar-refractivity contribution in [1.29, 1.82) is 0 Å². The highest BCUT2D eigenvalue weighted by Gasteiger charge is 2.10. The van der Waals surface area contributed by atoms with Gasteiger partial charge in [0, 0.05) is 0 Å². The maximum Gasteiger partial charge on any atom is 0.254 e. The molecule has 0 saturated heterocycles. The summed E-state index contributed by atoms with van der Waals surface area (Å²) in [6, 6.07) is 10.0. The number of amides is 1. The lowest BCUT2D eigenvalue weighted by molar-refractivity contribution is 0.0943. The fraction of sp³-hybridized carbons (Fsp3) is 0.278. The lowest BCUT2D eigenvalue weighted by Gasteiger charge is -2.13. The second-order valence-electron chi connectivity index (χ2n) is 5.31. The highest BCUT2D eigenvalue weighted by molar-refractivity contribution is 5.94. The largest absolute Gasteiger partial charge is 0.491 e. The van der Waals surface area contributed by atoms with E-state index in [9.17, 15) is 9.18 Å². The molecule has 1 N–H and O–H groups in total. The highest BCUT2D eigenvalue weighted by atomic mass is 19.1. The number of carbonyl (C=O) groups is 1. The van der Waals surface area contributed by atoms with Crippen LogP contribution in [0.5, 0.6) is 5.75 Å². The zero-order valence-corrected chi connectivity index (χ0v) is 13.1. The standard InChI is InChI=1S/C18H20FNO2/c1-12-10-13(2)17(14(3)11-12)22-9-8-20-18(21)15-6-4-5-7-16(15)19/h4-7,10-11H,8-9H2,1-3H3,(H,20,21). The molecule has 4 heteroatoms. The number of ether oxygens (including phenoxy) is 1. The third-order valence-electron chi connectivity index (χ3n) is 3.36. The third-order valence-corrected chi connectivity index (χ3v) is 3.36. The quantitative estimate of drug-likeness (QED) is 0.858. The van der Waals surface area contributed by atoms with Crippen LogP contribution >= 0.6 is 0 Å². The number of aryl methyl sites for hydroxylation is 3. The Morgan fingerprint density at radius 2 is 1.77 bits per heavy atom. The number of halogens is 1. The molecule has 0 unspecified atom stereocenters. The van der Waals surface area contributed by atoms with Crippen LogP contribution in [0.1, 0.15) is 27.0 Å². The fourth-order valence-electron chi connectivity index (χ4n) is 2.45. The molecule has 0 aromatic heterocycles. The van der Waals surface area contributed by atoms with Gasteiger partial charge in [-0.3, -0.25) is 4.79 Å². The summed E-state index contributed by atoms with van der Waals surface area (Å²) in [6.45, 7) is 6.68. The van der Waals surface area contributed by atoms with Gasteiger partial charge in [0.25, 0.3) is 5.91 Å². The Kier molecular flexibility index (Phi) is 5.15. The van der Waals surface area contributed by atoms with E-state index in [1.54, 1.807) is 12.1 Å². The molecule has 0 heterocycles. The van der Waals surface area contributed by atoms with E-state index in [2.05, 4.69) is 17.4 Å². The lowest BCUT2D eigenvalue weighted by atomic mass is 10.1. The first-order chi connectivity index (χ1) is 10.5. The van der Waals surface area contributed by atoms with Crippen molar-refractivity contribution in [3.63, 3.8) is 0 Å². The van der Waals surface area contributed by atoms with Gasteiger partial charge in [-0.1, -0.05) is 29.8 Å². The highest BCUT2D eigenvalue weighted by Crippen LogP contribution is 2.24. The van der Waals surface area contributed by atoms with E-state index in [0.717, 1.165) is 16.9 Å². The van der Waals surface area contributed by atoms with Crippen LogP contribution in [0, 0.1) is 26.6 Å². The summed E-state index contributed by atoms with van der Waals surface area (Å²) < 4.78 is 19.2. The van der Waals surface area contributed by atoms with Crippen LogP contribution in [0.4, 0.5) is 4.39 Å². The second-order valence-corrected chi connectivity index (χ2v) is 5.31. The summed E-state index contributed by atoms with van der Waals surface area (Å²) in [5, 5.41) is 2.66. The van der Waals surface area contributed by atoms with Gasteiger partial charge in [0.05, 0.1) is 12.1 Å². The van der Waals surface area contributed by atoms with Gasteiger partial charge in [0.2, 0.25) is 0 Å². The van der Waals surface area contributed by atoms with E-state index in [1.165, 1.54) is 17.7 Å². The molecular weight excluding hydrogens is 281 g/mol. The molecule has 0 spiro atoms. The first-order valence-electron chi connectivity index (χ1n) is 7.22. The molecule has 22 heavy (non-hydrogen) atoms. The molecular formula is C18H20FNO2. The Bertz CT molecular complexity index is 660. The first-order valence-corrected chi connectivity index (χ1v) is 7.22. The summed E-state index contributed by atoms with van der Waals surface area (Å²) in [5.41, 5.74) is 3.37. The van der Waals surface area contributed by atoms with E-state index in [1.807, 2.05) is 20.8 Å². The number of hydrogen-bond donors (Lipinski definition) is 1. The van der Waals surface area contributed by atoms with Crippen LogP contribution in [-0.2, 0) is 0 Å². The molecule has 0 aliphatic rings. The Labute approximate surface area is 130 Å². The van der Waals surface area contributed by atoms with E-state index in [4.69, 9.17) is 4.74 Å². The van der Waals surface area contributed by atoms with Crippen molar-refractivity contribution in [2.24, 2.45) is 0 Å². The molecule has 0 saturated carbocycles. The summed E-state index contributed by atoms with van der Waals surface area (Å²) in [5.74, 6) is -0.115. The van der Waals surface area contributed by atoms with Crippen molar-refractivity contribution in [2.45, 2.75) is 20.8 Å². The van der Waals surface area contributed by atoms with Gasteiger partial charge in [-0.15, -0.1) is 0 Å². The zero-order chi connectivity index (χ0) is 16.1. The van der Waals surface area contributed by atoms with Gasteiger partial charge in [-0.2, -0.15) is 0 Å². The minimum absolute atomic E-state index is 0.0465. The van der Waals surface area contributed by atoms with Crippen LogP contribution in [0.15, 0.2) is 36.4 Å². The smallest absolute Gasteiger partial charge is 0.254 e. The van der Waals surface area contributed by atoms with Crippen LogP contribution in [-0.4, -0.2) is 19.1 Å². The minimum atomic E-state index is -0.522. The minimum Gasteiger partial charge on any atom is -0.491 e. The molecule has 116 valence electrons. The monoisotopic (exact) mass is 301 g/mol. The Morgan fingerprint density at radius 3 is 2.41 bits per heavy atom. The molecule has 2 aromatic carbocycles. The molecule has 0 aliphatic carbocycles. The van der Waals surface area contributed by atoms with E-state index >= 15 is 0 Å². The summed E-state index contributed by atoms with van der Waals surface area (Å²) in [7, 11) is 0. The Morgan fingerprint density at radius 1 is 1.14 bits per heavy atom. The molecule has 0 aliphatic heterocycles. The predicted octanol–water partition coefficient (Wildman–Crippen LogP) is 3.56. The number of carbonyl (C=O) groups excluding carboxylic acids is 1. The van der Waals surface area contributed by atoms with Crippen LogP contribution < -0.4 is 10.1 Å². The van der Waals surface area contributed by atoms with Crippen molar-refractivity contribution in [2.75, 3.05) is 13.2 Å². The maximum absolute atomic E-state index is 13.5. The van der Waals surface area contributed by atoms with E-state index < -0.39 is 11.7 Å². The third kappa shape index (κ3) is 3.85. The molecule has 2 rings (SSSR count).